The summed E-state index contributed by atoms with van der Waals surface area (Å²) in [6, 6.07) is 3.92. The minimum absolute atomic E-state index is 0.00964. The molecule has 1 aromatic heterocycles. The Balaban J connectivity index is 1.09. The number of allylic oxidation sites excluding steroid dienone is 1. The summed E-state index contributed by atoms with van der Waals surface area (Å²) in [7, 11) is 0. The van der Waals surface area contributed by atoms with Crippen LogP contribution in [0.2, 0.25) is 0 Å². The number of likely N-dealkylation sites (tertiary alicyclic amines) is 1. The molecule has 0 radical (unpaired) electrons. The van der Waals surface area contributed by atoms with Gasteiger partial charge in [0.15, 0.2) is 17.5 Å². The van der Waals surface area contributed by atoms with E-state index in [0.717, 1.165) is 71.0 Å². The SMILES string of the molecule is OC1=Cc2ccc(F)c(F)c2C(c2c(F)cc3c(N4CC5CCC(C4)N5)nc(OCC4(CN5CCC6(COC6)C5)CC4)nc3c2F)C1. The average molecular weight is 652 g/mol. The molecule has 1 spiro atoms. The average Bonchev–Trinajstić information content (AvgIpc) is 3.51. The number of anilines is 1. The predicted octanol–water partition coefficient (Wildman–Crippen LogP) is 5.44. The predicted molar refractivity (Wildman–Crippen MR) is 167 cm³/mol. The van der Waals surface area contributed by atoms with E-state index in [-0.39, 0.29) is 57.7 Å². The normalized spacial score (nSPS) is 27.2. The number of aromatic nitrogens is 2. The van der Waals surface area contributed by atoms with Crippen LogP contribution in [0.5, 0.6) is 6.01 Å². The number of piperazine rings is 1. The maximum absolute atomic E-state index is 16.8. The van der Waals surface area contributed by atoms with Gasteiger partial charge in [0.05, 0.1) is 25.6 Å². The highest BCUT2D eigenvalue weighted by molar-refractivity contribution is 5.91. The lowest BCUT2D eigenvalue weighted by Crippen LogP contribution is -2.51. The van der Waals surface area contributed by atoms with E-state index >= 15 is 13.2 Å². The number of nitrogens with one attached hydrogen (secondary N) is 1. The molecular formula is C35H37F4N5O3. The van der Waals surface area contributed by atoms with E-state index < -0.39 is 34.8 Å². The molecule has 6 aliphatic rings. The molecule has 248 valence electrons. The van der Waals surface area contributed by atoms with E-state index in [1.54, 1.807) is 0 Å². The molecule has 2 aromatic carbocycles. The molecule has 3 unspecified atom stereocenters. The zero-order valence-corrected chi connectivity index (χ0v) is 26.0. The maximum Gasteiger partial charge on any atom is 0.319 e. The Bertz CT molecular complexity index is 1800. The molecule has 2 N–H and O–H groups in total. The van der Waals surface area contributed by atoms with Crippen molar-refractivity contribution in [2.45, 2.75) is 56.5 Å². The van der Waals surface area contributed by atoms with Crippen molar-refractivity contribution in [2.75, 3.05) is 57.4 Å². The third-order valence-electron chi connectivity index (χ3n) is 11.3. The van der Waals surface area contributed by atoms with Crippen molar-refractivity contribution in [1.82, 2.24) is 20.2 Å². The summed E-state index contributed by atoms with van der Waals surface area (Å²) in [5.41, 5.74) is -0.384. The molecule has 1 saturated carbocycles. The summed E-state index contributed by atoms with van der Waals surface area (Å²) in [4.78, 5) is 13.8. The molecule has 5 heterocycles. The molecule has 2 bridgehead atoms. The van der Waals surface area contributed by atoms with E-state index in [4.69, 9.17) is 14.5 Å². The molecule has 3 atom stereocenters. The van der Waals surface area contributed by atoms with E-state index in [0.29, 0.717) is 30.9 Å². The number of nitrogens with zero attached hydrogens (tertiary/aromatic N) is 4. The number of fused-ring (bicyclic) bond motifs is 4. The Hall–Kier alpha value is -3.48. The van der Waals surface area contributed by atoms with Gasteiger partial charge in [0, 0.05) is 77.9 Å². The number of aliphatic hydroxyl groups is 1. The van der Waals surface area contributed by atoms with E-state index in [1.165, 1.54) is 18.2 Å². The van der Waals surface area contributed by atoms with Gasteiger partial charge in [-0.15, -0.1) is 0 Å². The molecule has 0 amide bonds. The minimum atomic E-state index is -1.30. The highest BCUT2D eigenvalue weighted by Gasteiger charge is 2.50. The molecule has 5 fully saturated rings. The number of rotatable bonds is 7. The molecule has 4 saturated heterocycles. The lowest BCUT2D eigenvalue weighted by molar-refractivity contribution is -0.105. The summed E-state index contributed by atoms with van der Waals surface area (Å²) in [6.07, 6.45) is 6.19. The van der Waals surface area contributed by atoms with Gasteiger partial charge in [-0.2, -0.15) is 9.97 Å². The molecule has 2 aliphatic carbocycles. The van der Waals surface area contributed by atoms with E-state index in [2.05, 4.69) is 15.2 Å². The van der Waals surface area contributed by atoms with Gasteiger partial charge in [-0.3, -0.25) is 0 Å². The van der Waals surface area contributed by atoms with Crippen LogP contribution in [0, 0.1) is 34.1 Å². The van der Waals surface area contributed by atoms with Crippen molar-refractivity contribution < 1.29 is 32.1 Å². The van der Waals surface area contributed by atoms with Crippen LogP contribution in [0.15, 0.2) is 24.0 Å². The first-order valence-electron chi connectivity index (χ1n) is 16.7. The number of hydrogen-bond acceptors (Lipinski definition) is 8. The highest BCUT2D eigenvalue weighted by Crippen LogP contribution is 2.49. The zero-order chi connectivity index (χ0) is 32.1. The molecule has 4 aliphatic heterocycles. The highest BCUT2D eigenvalue weighted by atomic mass is 19.2. The number of hydrogen-bond donors (Lipinski definition) is 2. The first kappa shape index (κ1) is 29.6. The molecule has 9 rings (SSSR count). The first-order valence-corrected chi connectivity index (χ1v) is 16.7. The summed E-state index contributed by atoms with van der Waals surface area (Å²) < 4.78 is 74.3. The fourth-order valence-electron chi connectivity index (χ4n) is 8.63. The number of benzene rings is 2. The fourth-order valence-corrected chi connectivity index (χ4v) is 8.63. The van der Waals surface area contributed by atoms with Crippen LogP contribution < -0.4 is 15.0 Å². The third-order valence-corrected chi connectivity index (χ3v) is 11.3. The van der Waals surface area contributed by atoms with Gasteiger partial charge in [0.25, 0.3) is 0 Å². The van der Waals surface area contributed by atoms with Gasteiger partial charge in [0.1, 0.15) is 17.2 Å². The maximum atomic E-state index is 16.8. The largest absolute Gasteiger partial charge is 0.512 e. The van der Waals surface area contributed by atoms with Gasteiger partial charge in [-0.1, -0.05) is 6.07 Å². The van der Waals surface area contributed by atoms with Crippen molar-refractivity contribution in [2.24, 2.45) is 10.8 Å². The molecular weight excluding hydrogens is 614 g/mol. The van der Waals surface area contributed by atoms with Crippen molar-refractivity contribution >= 4 is 22.8 Å². The first-order chi connectivity index (χ1) is 22.7. The number of ether oxygens (including phenoxy) is 2. The monoisotopic (exact) mass is 651 g/mol. The summed E-state index contributed by atoms with van der Waals surface area (Å²) >= 11 is 0. The van der Waals surface area contributed by atoms with Crippen LogP contribution >= 0.6 is 0 Å². The molecule has 47 heavy (non-hydrogen) atoms. The van der Waals surface area contributed by atoms with E-state index in [1.807, 2.05) is 4.90 Å². The zero-order valence-electron chi connectivity index (χ0n) is 26.0. The van der Waals surface area contributed by atoms with Crippen LogP contribution in [0.3, 0.4) is 0 Å². The smallest absolute Gasteiger partial charge is 0.319 e. The molecule has 3 aromatic rings. The fraction of sp³-hybridized carbons (Fsp3) is 0.543. The van der Waals surface area contributed by atoms with Crippen LogP contribution in [-0.4, -0.2) is 84.6 Å². The van der Waals surface area contributed by atoms with Gasteiger partial charge in [-0.25, -0.2) is 17.6 Å². The second-order valence-electron chi connectivity index (χ2n) is 14.9. The Morgan fingerprint density at radius 1 is 0.979 bits per heavy atom. The lowest BCUT2D eigenvalue weighted by Gasteiger charge is -2.38. The summed E-state index contributed by atoms with van der Waals surface area (Å²) in [5.74, 6) is -5.33. The van der Waals surface area contributed by atoms with Crippen molar-refractivity contribution in [1.29, 1.82) is 0 Å². The van der Waals surface area contributed by atoms with E-state index in [9.17, 15) is 9.50 Å². The lowest BCUT2D eigenvalue weighted by atomic mass is 9.80. The van der Waals surface area contributed by atoms with Crippen molar-refractivity contribution in [3.63, 3.8) is 0 Å². The van der Waals surface area contributed by atoms with Gasteiger partial charge in [-0.05, 0) is 62.4 Å². The number of aliphatic hydroxyl groups excluding tert-OH is 1. The Kier molecular flexibility index (Phi) is 6.79. The standard InChI is InChI=1S/C35H37F4N5O3/c36-25-4-1-19-9-22(45)10-23(27(19)29(25)38)28-26(37)11-24-31(30(28)39)41-33(42-32(24)44-12-20-2-3-21(13-44)40-20)47-18-34(5-6-34)14-43-8-7-35(15-43)16-46-17-35/h1,4,9,11,20-21,23,40,45H,2-3,5-8,10,12-18H2. The Morgan fingerprint density at radius 2 is 1.77 bits per heavy atom. The molecule has 12 heteroatoms. The molecule has 8 nitrogen and oxygen atoms in total. The van der Waals surface area contributed by atoms with Crippen molar-refractivity contribution in [3.8, 4) is 6.01 Å². The Morgan fingerprint density at radius 3 is 2.47 bits per heavy atom. The Labute approximate surface area is 269 Å². The van der Waals surface area contributed by atoms with Crippen LogP contribution in [0.1, 0.15) is 61.1 Å². The van der Waals surface area contributed by atoms with Gasteiger partial charge in [0.2, 0.25) is 0 Å². The third kappa shape index (κ3) is 5.05. The van der Waals surface area contributed by atoms with Gasteiger partial charge >= 0.3 is 6.01 Å². The number of halogens is 4. The topological polar surface area (TPSA) is 83.0 Å². The van der Waals surface area contributed by atoms with Crippen LogP contribution in [-0.2, 0) is 4.74 Å². The second-order valence-corrected chi connectivity index (χ2v) is 14.9. The van der Waals surface area contributed by atoms with Crippen LogP contribution in [0.4, 0.5) is 23.4 Å². The van der Waals surface area contributed by atoms with Gasteiger partial charge < -0.3 is 29.7 Å². The van der Waals surface area contributed by atoms with Crippen LogP contribution in [0.25, 0.3) is 17.0 Å². The van der Waals surface area contributed by atoms with Crippen molar-refractivity contribution in [3.05, 3.63) is 63.9 Å². The summed E-state index contributed by atoms with van der Waals surface area (Å²) in [5, 5.41) is 14.3. The summed E-state index contributed by atoms with van der Waals surface area (Å²) in [6.45, 7) is 6.23. The quantitative estimate of drug-likeness (QED) is 0.327. The second kappa shape index (κ2) is 10.8. The minimum Gasteiger partial charge on any atom is -0.512 e.